The Bertz CT molecular complexity index is 1670. The summed E-state index contributed by atoms with van der Waals surface area (Å²) in [5.41, 5.74) is 1.62. The number of aliphatic hydroxyl groups excluding tert-OH is 1. The summed E-state index contributed by atoms with van der Waals surface area (Å²) in [4.78, 5) is 35.0. The highest BCUT2D eigenvalue weighted by atomic mass is 35.5. The molecular formula is C33H42Cl3N5O5S2. The number of hydrogen-bond donors (Lipinski definition) is 2. The molecule has 1 saturated heterocycles. The van der Waals surface area contributed by atoms with Crippen LogP contribution in [0.2, 0.25) is 15.1 Å². The number of hydrogen-bond acceptors (Lipinski definition) is 7. The Hall–Kier alpha value is -2.45. The van der Waals surface area contributed by atoms with Gasteiger partial charge in [0.2, 0.25) is 15.9 Å². The van der Waals surface area contributed by atoms with Gasteiger partial charge < -0.3 is 20.2 Å². The molecule has 15 heteroatoms. The van der Waals surface area contributed by atoms with E-state index in [4.69, 9.17) is 34.8 Å². The molecule has 0 spiro atoms. The van der Waals surface area contributed by atoms with Gasteiger partial charge in [-0.25, -0.2) is 18.2 Å². The van der Waals surface area contributed by atoms with Crippen molar-refractivity contribution in [1.82, 2.24) is 24.4 Å². The highest BCUT2D eigenvalue weighted by Crippen LogP contribution is 2.35. The first-order valence-electron chi connectivity index (χ1n) is 15.7. The normalized spacial score (nSPS) is 15.9. The molecule has 3 atom stereocenters. The van der Waals surface area contributed by atoms with Crippen LogP contribution in [-0.4, -0.2) is 88.9 Å². The fourth-order valence-electron chi connectivity index (χ4n) is 5.82. The summed E-state index contributed by atoms with van der Waals surface area (Å²) >= 11 is 20.2. The summed E-state index contributed by atoms with van der Waals surface area (Å²) < 4.78 is 29.1. The number of halogens is 3. The van der Waals surface area contributed by atoms with Crippen LogP contribution >= 0.6 is 46.1 Å². The lowest BCUT2D eigenvalue weighted by molar-refractivity contribution is -0.128. The van der Waals surface area contributed by atoms with E-state index in [0.717, 1.165) is 20.6 Å². The molecule has 0 bridgehead atoms. The Kier molecular flexibility index (Phi) is 13.2. The van der Waals surface area contributed by atoms with Crippen LogP contribution in [0.1, 0.15) is 44.0 Å². The Morgan fingerprint density at radius 1 is 1.06 bits per heavy atom. The smallest absolute Gasteiger partial charge is 0.321 e. The molecule has 262 valence electrons. The molecule has 1 aliphatic heterocycles. The lowest BCUT2D eigenvalue weighted by atomic mass is 9.97. The lowest BCUT2D eigenvalue weighted by Crippen LogP contribution is -2.57. The van der Waals surface area contributed by atoms with Crippen LogP contribution in [-0.2, 0) is 27.8 Å². The van der Waals surface area contributed by atoms with E-state index in [1.807, 2.05) is 70.3 Å². The third-order valence-corrected chi connectivity index (χ3v) is 11.8. The zero-order valence-corrected chi connectivity index (χ0v) is 31.5. The van der Waals surface area contributed by atoms with Gasteiger partial charge in [0.25, 0.3) is 0 Å². The zero-order chi connectivity index (χ0) is 35.3. The van der Waals surface area contributed by atoms with Crippen LogP contribution in [0.3, 0.4) is 0 Å². The van der Waals surface area contributed by atoms with Gasteiger partial charge in [-0.05, 0) is 42.9 Å². The van der Waals surface area contributed by atoms with E-state index in [9.17, 15) is 23.1 Å². The van der Waals surface area contributed by atoms with Crippen molar-refractivity contribution in [2.24, 2.45) is 11.8 Å². The number of aryl methyl sites for hydroxylation is 1. The number of nitrogens with zero attached hydrogens (tertiary/aromatic N) is 4. The van der Waals surface area contributed by atoms with Crippen molar-refractivity contribution in [1.29, 1.82) is 0 Å². The fourth-order valence-corrected chi connectivity index (χ4v) is 9.54. The standard InChI is InChI=1S/C33H42Cl3N5O5S2/c1-20(2)16-40(48(45,46)31-26(35)14-24(34)15-27(31)36)18-29(42)28(13-23-9-7-6-8-10-23)38-32(43)30(21(3)4)41-12-11-39(33(41)44)17-25-19-47-22(5)37-25/h6-10,14-15,19-21,28-30,42H,11-13,16-18H2,1-5H3,(H,38,43)/t28-,29+,30-/m0/s1. The first-order valence-corrected chi connectivity index (χ1v) is 19.2. The number of aliphatic hydroxyl groups is 1. The molecule has 4 rings (SSSR count). The topological polar surface area (TPSA) is 123 Å². The maximum atomic E-state index is 14.1. The molecule has 2 aromatic carbocycles. The quantitative estimate of drug-likeness (QED) is 0.193. The molecule has 1 aliphatic rings. The SMILES string of the molecule is Cc1nc(CN2CCN([C@H](C(=O)N[C@@H](Cc3ccccc3)[C@H](O)CN(CC(C)C)S(=O)(=O)c3c(Cl)cc(Cl)cc3Cl)C(C)C)C2=O)cs1. The second kappa shape index (κ2) is 16.5. The Morgan fingerprint density at radius 3 is 2.27 bits per heavy atom. The molecule has 3 amide bonds. The van der Waals surface area contributed by atoms with Crippen LogP contribution in [0.25, 0.3) is 0 Å². The Balaban J connectivity index is 1.60. The summed E-state index contributed by atoms with van der Waals surface area (Å²) in [6.07, 6.45) is -1.14. The second-order valence-electron chi connectivity index (χ2n) is 12.7. The van der Waals surface area contributed by atoms with Crippen molar-refractivity contribution in [3.05, 3.63) is 79.2 Å². The van der Waals surface area contributed by atoms with Crippen molar-refractivity contribution in [3.8, 4) is 0 Å². The predicted octanol–water partition coefficient (Wildman–Crippen LogP) is 6.11. The van der Waals surface area contributed by atoms with Crippen LogP contribution in [0, 0.1) is 18.8 Å². The van der Waals surface area contributed by atoms with Gasteiger partial charge in [-0.1, -0.05) is 92.8 Å². The number of benzene rings is 2. The van der Waals surface area contributed by atoms with Crippen molar-refractivity contribution < 1.29 is 23.1 Å². The molecule has 1 fully saturated rings. The number of carbonyl (C=O) groups is 2. The number of thiazole rings is 1. The second-order valence-corrected chi connectivity index (χ2v) is 16.9. The molecule has 2 N–H and O–H groups in total. The molecule has 0 unspecified atom stereocenters. The number of amides is 3. The average Bonchev–Trinajstić information content (AvgIpc) is 3.56. The third-order valence-electron chi connectivity index (χ3n) is 7.99. The van der Waals surface area contributed by atoms with Gasteiger partial charge >= 0.3 is 6.03 Å². The first-order chi connectivity index (χ1) is 22.6. The van der Waals surface area contributed by atoms with Gasteiger partial charge in [-0.15, -0.1) is 11.3 Å². The summed E-state index contributed by atoms with van der Waals surface area (Å²) in [6.45, 7) is 10.2. The van der Waals surface area contributed by atoms with Crippen molar-refractivity contribution in [2.45, 2.75) is 70.7 Å². The maximum Gasteiger partial charge on any atom is 0.321 e. The number of sulfonamides is 1. The van der Waals surface area contributed by atoms with E-state index in [0.29, 0.717) is 19.6 Å². The lowest BCUT2D eigenvalue weighted by Gasteiger charge is -2.34. The van der Waals surface area contributed by atoms with Crippen LogP contribution in [0.4, 0.5) is 4.79 Å². The molecular weight excluding hydrogens is 717 g/mol. The number of urea groups is 1. The fraction of sp³-hybridized carbons (Fsp3) is 0.485. The molecule has 0 aliphatic carbocycles. The molecule has 3 aromatic rings. The summed E-state index contributed by atoms with van der Waals surface area (Å²) in [5.74, 6) is -0.815. The Morgan fingerprint density at radius 2 is 1.71 bits per heavy atom. The van der Waals surface area contributed by atoms with E-state index in [-0.39, 0.29) is 57.3 Å². The predicted molar refractivity (Wildman–Crippen MR) is 191 cm³/mol. The minimum absolute atomic E-state index is 0.0475. The first kappa shape index (κ1) is 38.4. The van der Waals surface area contributed by atoms with Gasteiger partial charge in [-0.3, -0.25) is 4.79 Å². The minimum atomic E-state index is -4.31. The van der Waals surface area contributed by atoms with Crippen LogP contribution in [0.5, 0.6) is 0 Å². The van der Waals surface area contributed by atoms with E-state index in [1.54, 1.807) is 9.80 Å². The van der Waals surface area contributed by atoms with Gasteiger partial charge in [-0.2, -0.15) is 4.31 Å². The van der Waals surface area contributed by atoms with Gasteiger partial charge in [0.1, 0.15) is 10.9 Å². The summed E-state index contributed by atoms with van der Waals surface area (Å²) in [5, 5.41) is 17.5. The molecule has 0 radical (unpaired) electrons. The molecule has 48 heavy (non-hydrogen) atoms. The third kappa shape index (κ3) is 9.41. The average molecular weight is 759 g/mol. The number of aromatic nitrogens is 1. The highest BCUT2D eigenvalue weighted by molar-refractivity contribution is 7.89. The molecule has 10 nitrogen and oxygen atoms in total. The van der Waals surface area contributed by atoms with Crippen molar-refractivity contribution >= 4 is 68.1 Å². The van der Waals surface area contributed by atoms with E-state index in [1.165, 1.54) is 23.5 Å². The van der Waals surface area contributed by atoms with Gasteiger partial charge in [0.15, 0.2) is 0 Å². The Labute approximate surface area is 302 Å². The number of nitrogens with one attached hydrogen (secondary N) is 1. The number of rotatable bonds is 15. The highest BCUT2D eigenvalue weighted by Gasteiger charge is 2.41. The zero-order valence-electron chi connectivity index (χ0n) is 27.6. The largest absolute Gasteiger partial charge is 0.390 e. The van der Waals surface area contributed by atoms with Crippen molar-refractivity contribution in [3.63, 3.8) is 0 Å². The van der Waals surface area contributed by atoms with Gasteiger partial charge in [0, 0.05) is 36.6 Å². The summed E-state index contributed by atoms with van der Waals surface area (Å²) in [7, 11) is -4.31. The summed E-state index contributed by atoms with van der Waals surface area (Å²) in [6, 6.07) is 9.88. The maximum absolute atomic E-state index is 14.1. The monoisotopic (exact) mass is 757 g/mol. The van der Waals surface area contributed by atoms with E-state index in [2.05, 4.69) is 10.3 Å². The molecule has 2 heterocycles. The van der Waals surface area contributed by atoms with E-state index >= 15 is 0 Å². The number of carbonyl (C=O) groups excluding carboxylic acids is 2. The van der Waals surface area contributed by atoms with Crippen molar-refractivity contribution in [2.75, 3.05) is 26.2 Å². The minimum Gasteiger partial charge on any atom is -0.390 e. The molecule has 0 saturated carbocycles. The van der Waals surface area contributed by atoms with Crippen LogP contribution < -0.4 is 5.32 Å². The van der Waals surface area contributed by atoms with Crippen LogP contribution in [0.15, 0.2) is 52.7 Å². The van der Waals surface area contributed by atoms with Gasteiger partial charge in [0.05, 0.1) is 39.4 Å². The molecule has 1 aromatic heterocycles. The van der Waals surface area contributed by atoms with E-state index < -0.39 is 34.1 Å².